The van der Waals surface area contributed by atoms with Gasteiger partial charge in [-0.2, -0.15) is 4.31 Å². The van der Waals surface area contributed by atoms with Crippen LogP contribution in [-0.2, 0) is 14.8 Å². The predicted molar refractivity (Wildman–Crippen MR) is 96.9 cm³/mol. The van der Waals surface area contributed by atoms with E-state index in [-0.39, 0.29) is 10.5 Å². The molecule has 0 bridgehead atoms. The Labute approximate surface area is 153 Å². The lowest BCUT2D eigenvalue weighted by molar-refractivity contribution is 0.0727. The molecule has 0 aromatic heterocycles. The Morgan fingerprint density at radius 1 is 1.04 bits per heavy atom. The van der Waals surface area contributed by atoms with Crippen LogP contribution in [0.3, 0.4) is 0 Å². The maximum atomic E-state index is 12.7. The molecule has 0 N–H and O–H groups in total. The summed E-state index contributed by atoms with van der Waals surface area (Å²) in [6.07, 6.45) is 0. The fourth-order valence-electron chi connectivity index (χ4n) is 2.88. The lowest BCUT2D eigenvalue weighted by Gasteiger charge is -2.26. The summed E-state index contributed by atoms with van der Waals surface area (Å²) in [6.45, 7) is 5.18. The van der Waals surface area contributed by atoms with E-state index in [1.807, 2.05) is 19.9 Å². The minimum absolute atomic E-state index is 0.0780. The summed E-state index contributed by atoms with van der Waals surface area (Å²) in [6, 6.07) is 11.4. The number of ether oxygens (including phenoxy) is 2. The molecule has 1 aliphatic heterocycles. The molecule has 0 aliphatic carbocycles. The van der Waals surface area contributed by atoms with Crippen LogP contribution in [0.1, 0.15) is 21.5 Å². The summed E-state index contributed by atoms with van der Waals surface area (Å²) in [5, 5.41) is 0. The van der Waals surface area contributed by atoms with Gasteiger partial charge in [0.2, 0.25) is 10.0 Å². The van der Waals surface area contributed by atoms with E-state index in [0.717, 1.165) is 11.1 Å². The average Bonchev–Trinajstić information content (AvgIpc) is 2.61. The Morgan fingerprint density at radius 3 is 2.35 bits per heavy atom. The zero-order chi connectivity index (χ0) is 18.7. The summed E-state index contributed by atoms with van der Waals surface area (Å²) >= 11 is 0. The van der Waals surface area contributed by atoms with Crippen molar-refractivity contribution in [1.82, 2.24) is 4.31 Å². The lowest BCUT2D eigenvalue weighted by atomic mass is 10.1. The largest absolute Gasteiger partial charge is 0.423 e. The number of esters is 1. The molecule has 0 atom stereocenters. The molecule has 0 radical (unpaired) electrons. The van der Waals surface area contributed by atoms with Crippen LogP contribution < -0.4 is 4.74 Å². The number of morpholine rings is 1. The number of hydrogen-bond acceptors (Lipinski definition) is 5. The third-order valence-corrected chi connectivity index (χ3v) is 5.98. The molecule has 7 heteroatoms. The minimum Gasteiger partial charge on any atom is -0.423 e. The number of nitrogens with zero attached hydrogens (tertiary/aromatic N) is 1. The number of hydrogen-bond donors (Lipinski definition) is 0. The highest BCUT2D eigenvalue weighted by Crippen LogP contribution is 2.21. The van der Waals surface area contributed by atoms with Crippen LogP contribution in [0.5, 0.6) is 5.75 Å². The van der Waals surface area contributed by atoms with Gasteiger partial charge in [0, 0.05) is 13.1 Å². The summed E-state index contributed by atoms with van der Waals surface area (Å²) in [5.41, 5.74) is 2.16. The van der Waals surface area contributed by atoms with Crippen LogP contribution in [0, 0.1) is 13.8 Å². The van der Waals surface area contributed by atoms with Gasteiger partial charge in [-0.25, -0.2) is 13.2 Å². The van der Waals surface area contributed by atoms with Gasteiger partial charge in [0.05, 0.1) is 23.7 Å². The van der Waals surface area contributed by atoms with E-state index in [1.54, 1.807) is 24.3 Å². The smallest absolute Gasteiger partial charge is 0.343 e. The number of carbonyl (C=O) groups is 1. The zero-order valence-corrected chi connectivity index (χ0v) is 15.6. The highest BCUT2D eigenvalue weighted by Gasteiger charge is 2.27. The molecule has 0 saturated carbocycles. The van der Waals surface area contributed by atoms with Gasteiger partial charge < -0.3 is 9.47 Å². The number of carbonyl (C=O) groups excluding carboxylic acids is 1. The molecule has 1 fully saturated rings. The Bertz CT molecular complexity index is 897. The highest BCUT2D eigenvalue weighted by atomic mass is 32.2. The molecule has 138 valence electrons. The Balaban J connectivity index is 1.83. The number of rotatable bonds is 4. The van der Waals surface area contributed by atoms with Gasteiger partial charge >= 0.3 is 5.97 Å². The molecule has 2 aromatic rings. The molecular formula is C19H21NO5S. The Kier molecular flexibility index (Phi) is 5.41. The lowest BCUT2D eigenvalue weighted by Crippen LogP contribution is -2.40. The quantitative estimate of drug-likeness (QED) is 0.607. The third kappa shape index (κ3) is 4.12. The average molecular weight is 375 g/mol. The fourth-order valence-corrected chi connectivity index (χ4v) is 4.33. The Morgan fingerprint density at radius 2 is 1.69 bits per heavy atom. The predicted octanol–water partition coefficient (Wildman–Crippen LogP) is 2.54. The zero-order valence-electron chi connectivity index (χ0n) is 14.8. The molecule has 0 spiro atoms. The molecule has 26 heavy (non-hydrogen) atoms. The number of aryl methyl sites for hydroxylation is 2. The molecule has 1 aliphatic rings. The second-order valence-corrected chi connectivity index (χ2v) is 8.20. The summed E-state index contributed by atoms with van der Waals surface area (Å²) in [4.78, 5) is 12.5. The van der Waals surface area contributed by atoms with Crippen LogP contribution in [0.2, 0.25) is 0 Å². The third-order valence-electron chi connectivity index (χ3n) is 4.08. The highest BCUT2D eigenvalue weighted by molar-refractivity contribution is 7.89. The van der Waals surface area contributed by atoms with E-state index in [9.17, 15) is 13.2 Å². The molecule has 1 heterocycles. The SMILES string of the molecule is Cc1cc(C)cc(OC(=O)c2cccc(S(=O)(=O)N3CCOCC3)c2)c1. The van der Waals surface area contributed by atoms with Crippen molar-refractivity contribution in [2.24, 2.45) is 0 Å². The van der Waals surface area contributed by atoms with Crippen molar-refractivity contribution >= 4 is 16.0 Å². The maximum Gasteiger partial charge on any atom is 0.343 e. The topological polar surface area (TPSA) is 72.9 Å². The number of benzene rings is 2. The summed E-state index contributed by atoms with van der Waals surface area (Å²) < 4.78 is 37.4. The first-order chi connectivity index (χ1) is 12.4. The van der Waals surface area contributed by atoms with Crippen molar-refractivity contribution in [3.05, 3.63) is 59.2 Å². The van der Waals surface area contributed by atoms with Gasteiger partial charge in [-0.05, 0) is 55.3 Å². The normalized spacial score (nSPS) is 15.6. The standard InChI is InChI=1S/C19H21NO5S/c1-14-10-15(2)12-17(11-14)25-19(21)16-4-3-5-18(13-16)26(22,23)20-6-8-24-9-7-20/h3-5,10-13H,6-9H2,1-2H3. The van der Waals surface area contributed by atoms with Crippen molar-refractivity contribution in [3.8, 4) is 5.75 Å². The Hall–Kier alpha value is -2.22. The summed E-state index contributed by atoms with van der Waals surface area (Å²) in [5.74, 6) is -0.150. The molecule has 2 aromatic carbocycles. The molecule has 1 saturated heterocycles. The van der Waals surface area contributed by atoms with Crippen molar-refractivity contribution in [2.45, 2.75) is 18.7 Å². The fraction of sp³-hybridized carbons (Fsp3) is 0.316. The van der Waals surface area contributed by atoms with Crippen molar-refractivity contribution in [3.63, 3.8) is 0 Å². The van der Waals surface area contributed by atoms with E-state index in [4.69, 9.17) is 9.47 Å². The number of sulfonamides is 1. The molecule has 0 amide bonds. The van der Waals surface area contributed by atoms with Crippen LogP contribution in [0.4, 0.5) is 0 Å². The molecule has 0 unspecified atom stereocenters. The van der Waals surface area contributed by atoms with Gasteiger partial charge in [-0.3, -0.25) is 0 Å². The van der Waals surface area contributed by atoms with E-state index in [0.29, 0.717) is 32.1 Å². The van der Waals surface area contributed by atoms with Gasteiger partial charge in [0.15, 0.2) is 0 Å². The van der Waals surface area contributed by atoms with Crippen LogP contribution in [0.25, 0.3) is 0 Å². The monoisotopic (exact) mass is 375 g/mol. The second-order valence-electron chi connectivity index (χ2n) is 6.26. The second kappa shape index (κ2) is 7.57. The van der Waals surface area contributed by atoms with Gasteiger partial charge in [0.25, 0.3) is 0 Å². The van der Waals surface area contributed by atoms with E-state index in [2.05, 4.69) is 0 Å². The van der Waals surface area contributed by atoms with E-state index < -0.39 is 16.0 Å². The first kappa shape index (κ1) is 18.6. The van der Waals surface area contributed by atoms with Gasteiger partial charge in [0.1, 0.15) is 5.75 Å². The van der Waals surface area contributed by atoms with E-state index in [1.165, 1.54) is 16.4 Å². The molecule has 3 rings (SSSR count). The van der Waals surface area contributed by atoms with Crippen LogP contribution in [-0.4, -0.2) is 45.0 Å². The van der Waals surface area contributed by atoms with Gasteiger partial charge in [-0.1, -0.05) is 12.1 Å². The van der Waals surface area contributed by atoms with Crippen LogP contribution in [0.15, 0.2) is 47.4 Å². The van der Waals surface area contributed by atoms with Crippen molar-refractivity contribution in [1.29, 1.82) is 0 Å². The first-order valence-electron chi connectivity index (χ1n) is 8.35. The van der Waals surface area contributed by atoms with Crippen LogP contribution >= 0.6 is 0 Å². The maximum absolute atomic E-state index is 12.7. The molecule has 6 nitrogen and oxygen atoms in total. The minimum atomic E-state index is -3.66. The van der Waals surface area contributed by atoms with Gasteiger partial charge in [-0.15, -0.1) is 0 Å². The van der Waals surface area contributed by atoms with Crippen molar-refractivity contribution < 1.29 is 22.7 Å². The first-order valence-corrected chi connectivity index (χ1v) is 9.79. The van der Waals surface area contributed by atoms with E-state index >= 15 is 0 Å². The van der Waals surface area contributed by atoms with Crippen molar-refractivity contribution in [2.75, 3.05) is 26.3 Å². The molecular weight excluding hydrogens is 354 g/mol. The summed E-state index contributed by atoms with van der Waals surface area (Å²) in [7, 11) is -3.66.